The Morgan fingerprint density at radius 3 is 2.07 bits per heavy atom. The monoisotopic (exact) mass is 663 g/mol. The van der Waals surface area contributed by atoms with Gasteiger partial charge in [-0.3, -0.25) is 13.9 Å². The number of methoxy groups -OCH3 is 2. The van der Waals surface area contributed by atoms with Gasteiger partial charge < -0.3 is 19.7 Å². The molecule has 0 unspecified atom stereocenters. The average molecular weight is 664 g/mol. The Labute approximate surface area is 275 Å². The van der Waals surface area contributed by atoms with Crippen molar-refractivity contribution < 1.29 is 27.5 Å². The average Bonchev–Trinajstić information content (AvgIpc) is 3.08. The number of halogens is 1. The zero-order valence-corrected chi connectivity index (χ0v) is 27.6. The predicted molar refractivity (Wildman–Crippen MR) is 180 cm³/mol. The lowest BCUT2D eigenvalue weighted by atomic mass is 10.0. The van der Waals surface area contributed by atoms with Gasteiger partial charge in [0.15, 0.2) is 11.5 Å². The fourth-order valence-corrected chi connectivity index (χ4v) is 6.49. The highest BCUT2D eigenvalue weighted by Gasteiger charge is 2.35. The van der Waals surface area contributed by atoms with Gasteiger partial charge in [-0.25, -0.2) is 8.42 Å². The molecule has 46 heavy (non-hydrogen) atoms. The van der Waals surface area contributed by atoms with Crippen LogP contribution in [0, 0.1) is 0 Å². The lowest BCUT2D eigenvalue weighted by molar-refractivity contribution is -0.140. The van der Waals surface area contributed by atoms with Crippen molar-refractivity contribution >= 4 is 39.1 Å². The van der Waals surface area contributed by atoms with Gasteiger partial charge in [-0.1, -0.05) is 79.2 Å². The van der Waals surface area contributed by atoms with Gasteiger partial charge >= 0.3 is 0 Å². The van der Waals surface area contributed by atoms with Crippen molar-refractivity contribution in [2.45, 2.75) is 37.2 Å². The molecule has 1 N–H and O–H groups in total. The standard InChI is InChI=1S/C35H38ClN3O6S/c1-4-21-37-35(41)31(22-26-11-7-5-8-12-26)38(24-27-15-17-28(36)18-16-27)34(40)25-39(29-13-9-6-10-14-29)46(42,43)30-19-20-32(44-2)33(23-30)45-3/h5-20,23,31H,4,21-22,24-25H2,1-3H3,(H,37,41)/t31-/m0/s1. The van der Waals surface area contributed by atoms with Gasteiger partial charge in [0.25, 0.3) is 10.0 Å². The number of nitrogens with one attached hydrogen (secondary N) is 1. The molecule has 0 saturated carbocycles. The molecule has 9 nitrogen and oxygen atoms in total. The minimum atomic E-state index is -4.31. The summed E-state index contributed by atoms with van der Waals surface area (Å²) in [5.41, 5.74) is 1.87. The number of hydrogen-bond acceptors (Lipinski definition) is 6. The molecule has 0 fully saturated rings. The summed E-state index contributed by atoms with van der Waals surface area (Å²) >= 11 is 6.14. The highest BCUT2D eigenvalue weighted by molar-refractivity contribution is 7.92. The van der Waals surface area contributed by atoms with Gasteiger partial charge in [0.1, 0.15) is 12.6 Å². The molecule has 1 atom stereocenters. The molecular weight excluding hydrogens is 626 g/mol. The molecule has 4 aromatic rings. The van der Waals surface area contributed by atoms with Crippen molar-refractivity contribution in [1.29, 1.82) is 0 Å². The molecule has 0 saturated heterocycles. The van der Waals surface area contributed by atoms with Crippen LogP contribution in [0.25, 0.3) is 0 Å². The Hall–Kier alpha value is -4.54. The van der Waals surface area contributed by atoms with E-state index in [1.807, 2.05) is 37.3 Å². The zero-order valence-electron chi connectivity index (χ0n) is 26.1. The van der Waals surface area contributed by atoms with E-state index in [0.29, 0.717) is 23.7 Å². The molecule has 0 aliphatic rings. The second-order valence-electron chi connectivity index (χ2n) is 10.5. The van der Waals surface area contributed by atoms with Crippen LogP contribution in [0.4, 0.5) is 5.69 Å². The summed E-state index contributed by atoms with van der Waals surface area (Å²) in [6, 6.07) is 28.1. The van der Waals surface area contributed by atoms with Gasteiger partial charge in [-0.2, -0.15) is 0 Å². The lowest BCUT2D eigenvalue weighted by Gasteiger charge is -2.34. The van der Waals surface area contributed by atoms with E-state index in [4.69, 9.17) is 21.1 Å². The van der Waals surface area contributed by atoms with Crippen molar-refractivity contribution in [2.24, 2.45) is 0 Å². The number of anilines is 1. The molecule has 0 bridgehead atoms. The van der Waals surface area contributed by atoms with Crippen LogP contribution < -0.4 is 19.1 Å². The van der Waals surface area contributed by atoms with Crippen LogP contribution in [-0.4, -0.2) is 58.5 Å². The first-order valence-corrected chi connectivity index (χ1v) is 16.6. The van der Waals surface area contributed by atoms with Gasteiger partial charge in [0.05, 0.1) is 24.8 Å². The van der Waals surface area contributed by atoms with Crippen LogP contribution in [0.2, 0.25) is 5.02 Å². The minimum Gasteiger partial charge on any atom is -0.493 e. The Morgan fingerprint density at radius 1 is 0.826 bits per heavy atom. The summed E-state index contributed by atoms with van der Waals surface area (Å²) in [7, 11) is -1.43. The first kappa shape index (κ1) is 34.3. The maximum atomic E-state index is 14.5. The molecule has 0 aliphatic heterocycles. The number of sulfonamides is 1. The Kier molecular flexibility index (Phi) is 12.1. The van der Waals surface area contributed by atoms with E-state index in [9.17, 15) is 18.0 Å². The van der Waals surface area contributed by atoms with Crippen LogP contribution in [0.3, 0.4) is 0 Å². The first-order valence-electron chi connectivity index (χ1n) is 14.8. The highest BCUT2D eigenvalue weighted by atomic mass is 35.5. The SMILES string of the molecule is CCCNC(=O)[C@H](Cc1ccccc1)N(Cc1ccc(Cl)cc1)C(=O)CN(c1ccccc1)S(=O)(=O)c1ccc(OC)c(OC)c1. The molecular formula is C35H38ClN3O6S. The number of ether oxygens (including phenoxy) is 2. The second kappa shape index (κ2) is 16.1. The van der Waals surface area contributed by atoms with Gasteiger partial charge in [0, 0.05) is 30.6 Å². The van der Waals surface area contributed by atoms with Crippen molar-refractivity contribution in [3.8, 4) is 11.5 Å². The van der Waals surface area contributed by atoms with Crippen LogP contribution in [0.5, 0.6) is 11.5 Å². The van der Waals surface area contributed by atoms with E-state index >= 15 is 0 Å². The normalized spacial score (nSPS) is 11.7. The summed E-state index contributed by atoms with van der Waals surface area (Å²) in [6.07, 6.45) is 0.934. The van der Waals surface area contributed by atoms with E-state index < -0.39 is 28.5 Å². The summed E-state index contributed by atoms with van der Waals surface area (Å²) in [5.74, 6) is -0.306. The van der Waals surface area contributed by atoms with E-state index in [2.05, 4.69) is 5.32 Å². The number of carbonyl (C=O) groups excluding carboxylic acids is 2. The zero-order chi connectivity index (χ0) is 33.1. The number of amides is 2. The highest BCUT2D eigenvalue weighted by Crippen LogP contribution is 2.32. The maximum absolute atomic E-state index is 14.5. The number of para-hydroxylation sites is 1. The number of carbonyl (C=O) groups is 2. The molecule has 2 amide bonds. The largest absolute Gasteiger partial charge is 0.493 e. The lowest BCUT2D eigenvalue weighted by Crippen LogP contribution is -2.53. The quantitative estimate of drug-likeness (QED) is 0.175. The minimum absolute atomic E-state index is 0.0477. The first-order chi connectivity index (χ1) is 22.2. The van der Waals surface area contributed by atoms with Crippen LogP contribution in [-0.2, 0) is 32.6 Å². The van der Waals surface area contributed by atoms with E-state index in [-0.39, 0.29) is 35.2 Å². The summed E-state index contributed by atoms with van der Waals surface area (Å²) < 4.78 is 40.2. The van der Waals surface area contributed by atoms with Gasteiger partial charge in [-0.05, 0) is 53.9 Å². The molecule has 0 radical (unpaired) electrons. The van der Waals surface area contributed by atoms with Crippen LogP contribution >= 0.6 is 11.6 Å². The fraction of sp³-hybridized carbons (Fsp3) is 0.257. The van der Waals surface area contributed by atoms with Crippen LogP contribution in [0.1, 0.15) is 24.5 Å². The molecule has 0 heterocycles. The molecule has 11 heteroatoms. The third kappa shape index (κ3) is 8.58. The molecule has 4 rings (SSSR count). The van der Waals surface area contributed by atoms with E-state index in [0.717, 1.165) is 15.4 Å². The molecule has 4 aromatic carbocycles. The topological polar surface area (TPSA) is 105 Å². The third-order valence-electron chi connectivity index (χ3n) is 7.35. The second-order valence-corrected chi connectivity index (χ2v) is 12.8. The van der Waals surface area contributed by atoms with E-state index in [1.54, 1.807) is 54.6 Å². The van der Waals surface area contributed by atoms with Crippen LogP contribution in [0.15, 0.2) is 108 Å². The Bertz CT molecular complexity index is 1700. The summed E-state index contributed by atoms with van der Waals surface area (Å²) in [6.45, 7) is 1.85. The predicted octanol–water partition coefficient (Wildman–Crippen LogP) is 5.72. The smallest absolute Gasteiger partial charge is 0.264 e. The van der Waals surface area contributed by atoms with Crippen molar-refractivity contribution in [3.63, 3.8) is 0 Å². The summed E-state index contributed by atoms with van der Waals surface area (Å²) in [5, 5.41) is 3.46. The number of rotatable bonds is 15. The molecule has 0 spiro atoms. The van der Waals surface area contributed by atoms with Gasteiger partial charge in [0.2, 0.25) is 11.8 Å². The molecule has 0 aromatic heterocycles. The van der Waals surface area contributed by atoms with Crippen molar-refractivity contribution in [3.05, 3.63) is 119 Å². The Morgan fingerprint density at radius 2 is 1.46 bits per heavy atom. The Balaban J connectivity index is 1.79. The van der Waals surface area contributed by atoms with Crippen molar-refractivity contribution in [1.82, 2.24) is 10.2 Å². The third-order valence-corrected chi connectivity index (χ3v) is 9.37. The fourth-order valence-electron chi connectivity index (χ4n) is 4.93. The number of benzene rings is 4. The molecule has 0 aliphatic carbocycles. The van der Waals surface area contributed by atoms with E-state index in [1.165, 1.54) is 37.3 Å². The van der Waals surface area contributed by atoms with Gasteiger partial charge in [-0.15, -0.1) is 0 Å². The molecule has 242 valence electrons. The van der Waals surface area contributed by atoms with Crippen molar-refractivity contribution in [2.75, 3.05) is 31.6 Å². The number of hydrogen-bond donors (Lipinski definition) is 1. The number of nitrogens with zero attached hydrogens (tertiary/aromatic N) is 2. The maximum Gasteiger partial charge on any atom is 0.264 e. The summed E-state index contributed by atoms with van der Waals surface area (Å²) in [4.78, 5) is 29.6.